The molecule has 2 aromatic heterocycles. The molecule has 0 radical (unpaired) electrons. The van der Waals surface area contributed by atoms with Crippen LogP contribution in [0.4, 0.5) is 0 Å². The van der Waals surface area contributed by atoms with Crippen LogP contribution in [0.15, 0.2) is 71.5 Å². The molecule has 0 atom stereocenters. The van der Waals surface area contributed by atoms with Crippen LogP contribution in [0.1, 0.15) is 15.9 Å². The first-order valence-electron chi connectivity index (χ1n) is 9.61. The maximum absolute atomic E-state index is 12.9. The van der Waals surface area contributed by atoms with Gasteiger partial charge in [0, 0.05) is 0 Å². The summed E-state index contributed by atoms with van der Waals surface area (Å²) < 4.78 is 12.7. The second-order valence-electron chi connectivity index (χ2n) is 6.94. The third-order valence-electron chi connectivity index (χ3n) is 4.93. The van der Waals surface area contributed by atoms with Crippen molar-refractivity contribution < 1.29 is 14.3 Å². The number of fused-ring (bicyclic) bond motifs is 3. The number of carbonyl (C=O) groups is 1. The van der Waals surface area contributed by atoms with Crippen molar-refractivity contribution in [3.05, 3.63) is 97.8 Å². The smallest absolute Gasteiger partial charge is 0.343 e. The molecule has 0 saturated heterocycles. The molecule has 6 nitrogen and oxygen atoms in total. The minimum Gasteiger partial charge on any atom is -0.497 e. The largest absolute Gasteiger partial charge is 0.497 e. The van der Waals surface area contributed by atoms with Crippen molar-refractivity contribution in [1.82, 2.24) is 9.38 Å². The van der Waals surface area contributed by atoms with E-state index in [0.717, 1.165) is 11.0 Å². The number of hydrogen-bond acceptors (Lipinski definition) is 6. The minimum absolute atomic E-state index is 0.134. The molecule has 8 heteroatoms. The monoisotopic (exact) mass is 462 g/mol. The predicted octanol–water partition coefficient (Wildman–Crippen LogP) is 4.34. The van der Waals surface area contributed by atoms with Crippen LogP contribution in [0.2, 0.25) is 5.02 Å². The SMILES string of the molecule is COc1ccc(C(=O)Oc2ccc(/C=c3\sc4nc5ccccc5n4c3=O)cc2Cl)cc1. The van der Waals surface area contributed by atoms with Gasteiger partial charge in [-0.3, -0.25) is 4.79 Å². The van der Waals surface area contributed by atoms with E-state index < -0.39 is 5.97 Å². The molecule has 0 N–H and O–H groups in total. The van der Waals surface area contributed by atoms with Crippen LogP contribution >= 0.6 is 22.9 Å². The maximum atomic E-state index is 12.9. The van der Waals surface area contributed by atoms with Crippen molar-refractivity contribution in [3.8, 4) is 11.5 Å². The number of benzene rings is 3. The van der Waals surface area contributed by atoms with Crippen molar-refractivity contribution in [1.29, 1.82) is 0 Å². The lowest BCUT2D eigenvalue weighted by Gasteiger charge is -2.07. The molecule has 0 aliphatic carbocycles. The van der Waals surface area contributed by atoms with E-state index in [1.807, 2.05) is 24.3 Å². The number of carbonyl (C=O) groups excluding carboxylic acids is 1. The Kier molecular flexibility index (Phi) is 5.13. The van der Waals surface area contributed by atoms with Crippen molar-refractivity contribution in [2.45, 2.75) is 0 Å². The second-order valence-corrected chi connectivity index (χ2v) is 8.36. The Balaban J connectivity index is 1.44. The third kappa shape index (κ3) is 3.62. The number of esters is 1. The summed E-state index contributed by atoms with van der Waals surface area (Å²) in [6.07, 6.45) is 1.75. The van der Waals surface area contributed by atoms with Crippen molar-refractivity contribution in [3.63, 3.8) is 0 Å². The van der Waals surface area contributed by atoms with Crippen LogP contribution in [0, 0.1) is 0 Å². The summed E-state index contributed by atoms with van der Waals surface area (Å²) in [6, 6.07) is 19.1. The third-order valence-corrected chi connectivity index (χ3v) is 6.19. The zero-order chi connectivity index (χ0) is 22.2. The van der Waals surface area contributed by atoms with Crippen molar-refractivity contribution in [2.75, 3.05) is 7.11 Å². The number of rotatable bonds is 4. The lowest BCUT2D eigenvalue weighted by atomic mass is 10.2. The normalized spacial score (nSPS) is 11.9. The standard InChI is InChI=1S/C24H15ClN2O4S/c1-30-16-9-7-15(8-10-16)23(29)31-20-11-6-14(12-17(20)25)13-21-22(28)27-19-5-3-2-4-18(19)26-24(27)32-21/h2-13H,1H3/b21-13-. The molecule has 32 heavy (non-hydrogen) atoms. The fourth-order valence-electron chi connectivity index (χ4n) is 3.34. The average molecular weight is 463 g/mol. The predicted molar refractivity (Wildman–Crippen MR) is 125 cm³/mol. The van der Waals surface area contributed by atoms with E-state index in [9.17, 15) is 9.59 Å². The lowest BCUT2D eigenvalue weighted by Crippen LogP contribution is -2.22. The van der Waals surface area contributed by atoms with Crippen LogP contribution in [0.5, 0.6) is 11.5 Å². The Morgan fingerprint density at radius 1 is 1.09 bits per heavy atom. The molecule has 0 unspecified atom stereocenters. The molecule has 0 aliphatic rings. The molecule has 0 fully saturated rings. The highest BCUT2D eigenvalue weighted by Gasteiger charge is 2.13. The number of nitrogens with zero attached hydrogens (tertiary/aromatic N) is 2. The molecule has 158 valence electrons. The van der Waals surface area contributed by atoms with E-state index in [1.54, 1.807) is 60.1 Å². The summed E-state index contributed by atoms with van der Waals surface area (Å²) in [5.41, 5.74) is 2.52. The summed E-state index contributed by atoms with van der Waals surface area (Å²) >= 11 is 7.65. The topological polar surface area (TPSA) is 69.9 Å². The number of para-hydroxylation sites is 2. The molecule has 0 bridgehead atoms. The highest BCUT2D eigenvalue weighted by molar-refractivity contribution is 7.15. The van der Waals surface area contributed by atoms with Crippen molar-refractivity contribution in [2.24, 2.45) is 0 Å². The first-order valence-corrected chi connectivity index (χ1v) is 10.8. The van der Waals surface area contributed by atoms with E-state index in [2.05, 4.69) is 4.98 Å². The van der Waals surface area contributed by atoms with Gasteiger partial charge in [0.05, 0.1) is 33.3 Å². The molecule has 0 saturated carbocycles. The Morgan fingerprint density at radius 3 is 2.62 bits per heavy atom. The van der Waals surface area contributed by atoms with Gasteiger partial charge in [-0.2, -0.15) is 0 Å². The average Bonchev–Trinajstić information content (AvgIpc) is 3.31. The van der Waals surface area contributed by atoms with Gasteiger partial charge in [-0.1, -0.05) is 41.1 Å². The summed E-state index contributed by atoms with van der Waals surface area (Å²) in [5.74, 6) is 0.352. The molecule has 3 aromatic carbocycles. The number of aromatic nitrogens is 2. The van der Waals surface area contributed by atoms with Crippen LogP contribution in [0.3, 0.4) is 0 Å². The number of thiazole rings is 1. The lowest BCUT2D eigenvalue weighted by molar-refractivity contribution is 0.0735. The van der Waals surface area contributed by atoms with E-state index in [-0.39, 0.29) is 16.3 Å². The van der Waals surface area contributed by atoms with E-state index >= 15 is 0 Å². The van der Waals surface area contributed by atoms with Gasteiger partial charge in [0.1, 0.15) is 11.5 Å². The number of ether oxygens (including phenoxy) is 2. The zero-order valence-electron chi connectivity index (χ0n) is 16.7. The highest BCUT2D eigenvalue weighted by atomic mass is 35.5. The molecular weight excluding hydrogens is 448 g/mol. The van der Waals surface area contributed by atoms with Gasteiger partial charge in [0.25, 0.3) is 5.56 Å². The van der Waals surface area contributed by atoms with Gasteiger partial charge in [-0.15, -0.1) is 0 Å². The molecule has 0 spiro atoms. The molecule has 5 rings (SSSR count). The van der Waals surface area contributed by atoms with Gasteiger partial charge in [-0.05, 0) is 60.2 Å². The molecule has 5 aromatic rings. The maximum Gasteiger partial charge on any atom is 0.343 e. The Morgan fingerprint density at radius 2 is 1.88 bits per heavy atom. The Bertz CT molecular complexity index is 1590. The van der Waals surface area contributed by atoms with Crippen LogP contribution < -0.4 is 19.6 Å². The number of halogens is 1. The molecular formula is C24H15ClN2O4S. The zero-order valence-corrected chi connectivity index (χ0v) is 18.3. The Labute approximate surface area is 190 Å². The van der Waals surface area contributed by atoms with E-state index in [1.165, 1.54) is 11.3 Å². The fourth-order valence-corrected chi connectivity index (χ4v) is 4.55. The second kappa shape index (κ2) is 8.11. The summed E-state index contributed by atoms with van der Waals surface area (Å²) in [7, 11) is 1.55. The van der Waals surface area contributed by atoms with Gasteiger partial charge in [0.15, 0.2) is 4.96 Å². The number of imidazole rings is 1. The van der Waals surface area contributed by atoms with Gasteiger partial charge >= 0.3 is 5.97 Å². The molecule has 0 amide bonds. The van der Waals surface area contributed by atoms with Crippen molar-refractivity contribution >= 4 is 51.0 Å². The first kappa shape index (κ1) is 20.2. The quantitative estimate of drug-likeness (QED) is 0.293. The van der Waals surface area contributed by atoms with Gasteiger partial charge in [0.2, 0.25) is 0 Å². The van der Waals surface area contributed by atoms with E-state index in [4.69, 9.17) is 21.1 Å². The first-order chi connectivity index (χ1) is 15.5. The Hall–Kier alpha value is -3.68. The van der Waals surface area contributed by atoms with Crippen LogP contribution in [-0.4, -0.2) is 22.5 Å². The van der Waals surface area contributed by atoms with Crippen LogP contribution in [-0.2, 0) is 0 Å². The summed E-state index contributed by atoms with van der Waals surface area (Å²) in [4.78, 5) is 30.4. The minimum atomic E-state index is -0.528. The fraction of sp³-hybridized carbons (Fsp3) is 0.0417. The van der Waals surface area contributed by atoms with Crippen LogP contribution in [0.25, 0.3) is 22.1 Å². The summed E-state index contributed by atoms with van der Waals surface area (Å²) in [5, 5.41) is 0.264. The van der Waals surface area contributed by atoms with Gasteiger partial charge in [-0.25, -0.2) is 14.2 Å². The molecule has 2 heterocycles. The summed E-state index contributed by atoms with van der Waals surface area (Å²) in [6.45, 7) is 0. The number of hydrogen-bond donors (Lipinski definition) is 0. The highest BCUT2D eigenvalue weighted by Crippen LogP contribution is 2.27. The number of methoxy groups -OCH3 is 1. The van der Waals surface area contributed by atoms with E-state index in [0.29, 0.717) is 26.4 Å². The van der Waals surface area contributed by atoms with Gasteiger partial charge < -0.3 is 9.47 Å². The molecule has 0 aliphatic heterocycles.